The maximum absolute atomic E-state index is 13.4. The molecule has 1 atom stereocenters. The van der Waals surface area contributed by atoms with Gasteiger partial charge in [-0.2, -0.15) is 0 Å². The van der Waals surface area contributed by atoms with Gasteiger partial charge < -0.3 is 24.6 Å². The first-order valence-electron chi connectivity index (χ1n) is 11.9. The first-order valence-corrected chi connectivity index (χ1v) is 13.1. The number of likely N-dealkylation sites (N-methyl/N-ethyl adjacent to an activating group) is 1. The molecule has 1 unspecified atom stereocenters. The molecule has 2 heterocycles. The van der Waals surface area contributed by atoms with Gasteiger partial charge in [-0.25, -0.2) is 4.98 Å². The summed E-state index contributed by atoms with van der Waals surface area (Å²) >= 11 is 9.65. The van der Waals surface area contributed by atoms with Crippen molar-refractivity contribution in [3.63, 3.8) is 0 Å². The highest BCUT2D eigenvalue weighted by atomic mass is 79.9. The first kappa shape index (κ1) is 27.1. The molecule has 0 bridgehead atoms. The summed E-state index contributed by atoms with van der Waals surface area (Å²) in [6, 6.07) is 17.2. The van der Waals surface area contributed by atoms with E-state index in [4.69, 9.17) is 21.1 Å². The lowest BCUT2D eigenvalue weighted by atomic mass is 10.2. The monoisotopic (exact) mass is 586 g/mol. The van der Waals surface area contributed by atoms with Gasteiger partial charge in [0.1, 0.15) is 17.4 Å². The van der Waals surface area contributed by atoms with E-state index >= 15 is 0 Å². The second kappa shape index (κ2) is 13.0. The molecule has 1 N–H and O–H groups in total. The lowest BCUT2D eigenvalue weighted by Gasteiger charge is -2.34. The predicted molar refractivity (Wildman–Crippen MR) is 145 cm³/mol. The Bertz CT molecular complexity index is 1220. The third-order valence-corrected chi connectivity index (χ3v) is 6.72. The third-order valence-electron chi connectivity index (χ3n) is 5.93. The molecule has 0 saturated carbocycles. The Morgan fingerprint density at radius 2 is 1.84 bits per heavy atom. The highest BCUT2D eigenvalue weighted by molar-refractivity contribution is 9.10. The molecule has 1 aromatic heterocycles. The van der Waals surface area contributed by atoms with Crippen LogP contribution in [0.4, 0.5) is 0 Å². The second-order valence-electron chi connectivity index (χ2n) is 8.69. The first-order chi connectivity index (χ1) is 17.9. The van der Waals surface area contributed by atoms with E-state index in [2.05, 4.69) is 31.1 Å². The lowest BCUT2D eigenvalue weighted by Crippen LogP contribution is -2.55. The van der Waals surface area contributed by atoms with Crippen molar-refractivity contribution in [3.05, 3.63) is 87.5 Å². The number of carbonyl (C=O) groups excluding carboxylic acids is 2. The SMILES string of the molecule is CN1CCN(C(=O)C(COCc2ccccc2)NC(=O)c2cccnc2Oc2ccc(Br)cc2Cl)CC1. The fourth-order valence-electron chi connectivity index (χ4n) is 3.83. The Labute approximate surface area is 229 Å². The lowest BCUT2D eigenvalue weighted by molar-refractivity contribution is -0.136. The Morgan fingerprint density at radius 3 is 2.57 bits per heavy atom. The normalized spacial score (nSPS) is 14.7. The van der Waals surface area contributed by atoms with Crippen molar-refractivity contribution in [1.82, 2.24) is 20.1 Å². The summed E-state index contributed by atoms with van der Waals surface area (Å²) in [5.41, 5.74) is 1.16. The average Bonchev–Trinajstić information content (AvgIpc) is 2.90. The van der Waals surface area contributed by atoms with Crippen LogP contribution in [0.1, 0.15) is 15.9 Å². The van der Waals surface area contributed by atoms with E-state index < -0.39 is 11.9 Å². The Kier molecular flexibility index (Phi) is 9.51. The zero-order valence-corrected chi connectivity index (χ0v) is 22.7. The summed E-state index contributed by atoms with van der Waals surface area (Å²) in [6.45, 7) is 3.07. The van der Waals surface area contributed by atoms with Crippen LogP contribution in [0.15, 0.2) is 71.3 Å². The number of pyridine rings is 1. The highest BCUT2D eigenvalue weighted by Crippen LogP contribution is 2.32. The van der Waals surface area contributed by atoms with Gasteiger partial charge >= 0.3 is 0 Å². The quantitative estimate of drug-likeness (QED) is 0.400. The molecule has 0 aliphatic carbocycles. The topological polar surface area (TPSA) is 84.0 Å². The number of amides is 2. The van der Waals surface area contributed by atoms with Gasteiger partial charge in [0.2, 0.25) is 11.8 Å². The summed E-state index contributed by atoms with van der Waals surface area (Å²) in [7, 11) is 2.02. The van der Waals surface area contributed by atoms with Crippen LogP contribution in [0.2, 0.25) is 5.02 Å². The van der Waals surface area contributed by atoms with Gasteiger partial charge in [-0.15, -0.1) is 0 Å². The van der Waals surface area contributed by atoms with Crippen molar-refractivity contribution >= 4 is 39.3 Å². The van der Waals surface area contributed by atoms with Crippen LogP contribution in [0, 0.1) is 0 Å². The van der Waals surface area contributed by atoms with E-state index in [0.717, 1.165) is 23.1 Å². The molecule has 4 rings (SSSR count). The number of hydrogen-bond donors (Lipinski definition) is 1. The number of aromatic nitrogens is 1. The van der Waals surface area contributed by atoms with Crippen molar-refractivity contribution in [2.45, 2.75) is 12.6 Å². The molecule has 0 radical (unpaired) electrons. The maximum atomic E-state index is 13.4. The van der Waals surface area contributed by atoms with Crippen LogP contribution in [0.25, 0.3) is 0 Å². The van der Waals surface area contributed by atoms with Crippen LogP contribution in [-0.2, 0) is 16.1 Å². The van der Waals surface area contributed by atoms with E-state index in [1.54, 1.807) is 35.2 Å². The van der Waals surface area contributed by atoms with Gasteiger partial charge in [-0.05, 0) is 42.9 Å². The molecule has 1 fully saturated rings. The Morgan fingerprint density at radius 1 is 1.08 bits per heavy atom. The van der Waals surface area contributed by atoms with Crippen molar-refractivity contribution in [2.24, 2.45) is 0 Å². The van der Waals surface area contributed by atoms with Crippen molar-refractivity contribution in [2.75, 3.05) is 39.8 Å². The number of halogens is 2. The second-order valence-corrected chi connectivity index (χ2v) is 10.0. The number of rotatable bonds is 9. The number of benzene rings is 2. The van der Waals surface area contributed by atoms with Crippen LogP contribution in [0.5, 0.6) is 11.6 Å². The molecule has 8 nitrogen and oxygen atoms in total. The molecule has 10 heteroatoms. The number of nitrogens with zero attached hydrogens (tertiary/aromatic N) is 3. The molecule has 1 saturated heterocycles. The minimum atomic E-state index is -0.871. The standard InChI is InChI=1S/C27H28BrClN4O4/c1-32-12-14-33(15-13-32)27(35)23(18-36-17-19-6-3-2-4-7-19)31-25(34)21-8-5-11-30-26(21)37-24-10-9-20(28)16-22(24)29/h2-11,16,23H,12-15,17-18H2,1H3,(H,31,34). The molecular weight excluding hydrogens is 560 g/mol. The van der Waals surface area contributed by atoms with Crippen LogP contribution in [0.3, 0.4) is 0 Å². The van der Waals surface area contributed by atoms with Crippen molar-refractivity contribution < 1.29 is 19.1 Å². The largest absolute Gasteiger partial charge is 0.437 e. The fraction of sp³-hybridized carbons (Fsp3) is 0.296. The third kappa shape index (κ3) is 7.52. The molecule has 3 aromatic rings. The van der Waals surface area contributed by atoms with E-state index in [9.17, 15) is 9.59 Å². The summed E-state index contributed by atoms with van der Waals surface area (Å²) in [5, 5.41) is 3.21. The summed E-state index contributed by atoms with van der Waals surface area (Å²) in [4.78, 5) is 34.9. The number of ether oxygens (including phenoxy) is 2. The molecule has 37 heavy (non-hydrogen) atoms. The zero-order valence-electron chi connectivity index (χ0n) is 20.4. The molecular formula is C27H28BrClN4O4. The fourth-order valence-corrected chi connectivity index (χ4v) is 4.55. The van der Waals surface area contributed by atoms with E-state index in [1.165, 1.54) is 6.20 Å². The van der Waals surface area contributed by atoms with Crippen LogP contribution >= 0.6 is 27.5 Å². The highest BCUT2D eigenvalue weighted by Gasteiger charge is 2.29. The molecule has 0 spiro atoms. The van der Waals surface area contributed by atoms with Crippen molar-refractivity contribution in [3.8, 4) is 11.6 Å². The van der Waals surface area contributed by atoms with Gasteiger partial charge in [0.15, 0.2) is 0 Å². The summed E-state index contributed by atoms with van der Waals surface area (Å²) in [6.07, 6.45) is 1.52. The van der Waals surface area contributed by atoms with Crippen molar-refractivity contribution in [1.29, 1.82) is 0 Å². The number of carbonyl (C=O) groups is 2. The molecule has 1 aliphatic rings. The van der Waals surface area contributed by atoms with Gasteiger partial charge in [0.05, 0.1) is 18.2 Å². The van der Waals surface area contributed by atoms with E-state index in [1.807, 2.05) is 37.4 Å². The zero-order chi connectivity index (χ0) is 26.2. The maximum Gasteiger partial charge on any atom is 0.257 e. The molecule has 1 aliphatic heterocycles. The van der Waals surface area contributed by atoms with Gasteiger partial charge in [0.25, 0.3) is 5.91 Å². The van der Waals surface area contributed by atoms with E-state index in [-0.39, 0.29) is 24.0 Å². The number of piperazine rings is 1. The van der Waals surface area contributed by atoms with Gasteiger partial charge in [-0.3, -0.25) is 9.59 Å². The summed E-state index contributed by atoms with van der Waals surface area (Å²) in [5.74, 6) is -0.238. The Hall–Kier alpha value is -2.98. The number of hydrogen-bond acceptors (Lipinski definition) is 6. The smallest absolute Gasteiger partial charge is 0.257 e. The summed E-state index contributed by atoms with van der Waals surface area (Å²) < 4.78 is 12.5. The average molecular weight is 588 g/mol. The molecule has 2 aromatic carbocycles. The van der Waals surface area contributed by atoms with Crippen LogP contribution in [-0.4, -0.2) is 72.5 Å². The molecule has 194 valence electrons. The number of nitrogens with one attached hydrogen (secondary N) is 1. The predicted octanol–water partition coefficient (Wildman–Crippen LogP) is 4.38. The molecule has 2 amide bonds. The Balaban J connectivity index is 1.49. The minimum Gasteiger partial charge on any atom is -0.437 e. The van der Waals surface area contributed by atoms with E-state index in [0.29, 0.717) is 30.5 Å². The van der Waals surface area contributed by atoms with Gasteiger partial charge in [-0.1, -0.05) is 57.9 Å². The minimum absolute atomic E-state index is 0.0286. The van der Waals surface area contributed by atoms with Crippen LogP contribution < -0.4 is 10.1 Å². The van der Waals surface area contributed by atoms with Gasteiger partial charge in [0, 0.05) is 36.8 Å².